The second-order valence-electron chi connectivity index (χ2n) is 5.53. The fourth-order valence-electron chi connectivity index (χ4n) is 2.75. The lowest BCUT2D eigenvalue weighted by Gasteiger charge is -2.03. The summed E-state index contributed by atoms with van der Waals surface area (Å²) >= 11 is 3.62. The van der Waals surface area contributed by atoms with E-state index in [1.54, 1.807) is 0 Å². The molecular weight excluding hydrogens is 302 g/mol. The normalized spacial score (nSPS) is 16.5. The van der Waals surface area contributed by atoms with E-state index in [1.165, 1.54) is 34.1 Å². The Kier molecular flexibility index (Phi) is 2.74. The number of nitrogens with one attached hydrogen (secondary N) is 2. The van der Waals surface area contributed by atoms with Crippen molar-refractivity contribution in [1.82, 2.24) is 15.3 Å². The van der Waals surface area contributed by atoms with E-state index in [1.807, 2.05) is 0 Å². The molecule has 98 valence electrons. The fourth-order valence-corrected chi connectivity index (χ4v) is 3.26. The van der Waals surface area contributed by atoms with E-state index in [0.29, 0.717) is 0 Å². The summed E-state index contributed by atoms with van der Waals surface area (Å²) in [6, 6.07) is 6.34. The summed E-state index contributed by atoms with van der Waals surface area (Å²) in [5, 5.41) is 3.48. The number of benzene rings is 1. The maximum atomic E-state index is 4.75. The van der Waals surface area contributed by atoms with Gasteiger partial charge < -0.3 is 10.3 Å². The van der Waals surface area contributed by atoms with Crippen molar-refractivity contribution >= 4 is 15.9 Å². The van der Waals surface area contributed by atoms with Gasteiger partial charge in [0.2, 0.25) is 0 Å². The van der Waals surface area contributed by atoms with Crippen molar-refractivity contribution < 1.29 is 0 Å². The molecule has 1 saturated carbocycles. The van der Waals surface area contributed by atoms with Crippen LogP contribution in [0, 0.1) is 5.92 Å². The van der Waals surface area contributed by atoms with E-state index >= 15 is 0 Å². The van der Waals surface area contributed by atoms with Gasteiger partial charge in [0.25, 0.3) is 0 Å². The molecule has 0 radical (unpaired) electrons. The number of fused-ring (bicyclic) bond motifs is 3. The summed E-state index contributed by atoms with van der Waals surface area (Å²) in [4.78, 5) is 8.22. The zero-order valence-corrected chi connectivity index (χ0v) is 12.3. The molecule has 2 aliphatic rings. The summed E-state index contributed by atoms with van der Waals surface area (Å²) in [7, 11) is 0. The molecule has 0 atom stereocenters. The topological polar surface area (TPSA) is 40.7 Å². The molecule has 2 aliphatic carbocycles. The Morgan fingerprint density at radius 1 is 1.37 bits per heavy atom. The van der Waals surface area contributed by atoms with Gasteiger partial charge in [-0.15, -0.1) is 0 Å². The summed E-state index contributed by atoms with van der Waals surface area (Å²) in [6.07, 6.45) is 3.74. The highest BCUT2D eigenvalue weighted by Crippen LogP contribution is 2.38. The monoisotopic (exact) mass is 317 g/mol. The molecule has 0 unspecified atom stereocenters. The summed E-state index contributed by atoms with van der Waals surface area (Å²) in [6.45, 7) is 1.99. The van der Waals surface area contributed by atoms with E-state index in [0.717, 1.165) is 36.9 Å². The molecule has 0 amide bonds. The average Bonchev–Trinajstić information content (AvgIpc) is 3.02. The summed E-state index contributed by atoms with van der Waals surface area (Å²) in [5.74, 6) is 1.98. The smallest absolute Gasteiger partial charge is 0.121 e. The lowest BCUT2D eigenvalue weighted by Crippen LogP contribution is -2.17. The third-order valence-corrected chi connectivity index (χ3v) is 4.72. The molecule has 0 saturated heterocycles. The van der Waals surface area contributed by atoms with Crippen LogP contribution in [0.1, 0.15) is 29.9 Å². The van der Waals surface area contributed by atoms with Crippen LogP contribution < -0.4 is 5.32 Å². The Morgan fingerprint density at radius 3 is 3.11 bits per heavy atom. The number of halogens is 1. The molecule has 2 aromatic rings. The number of rotatable bonds is 4. The zero-order chi connectivity index (χ0) is 12.8. The van der Waals surface area contributed by atoms with E-state index in [2.05, 4.69) is 44.4 Å². The largest absolute Gasteiger partial charge is 0.344 e. The number of hydrogen-bond donors (Lipinski definition) is 2. The first-order valence-corrected chi connectivity index (χ1v) is 7.67. The lowest BCUT2D eigenvalue weighted by atomic mass is 10.1. The van der Waals surface area contributed by atoms with Crippen LogP contribution in [0.2, 0.25) is 0 Å². The Bertz CT molecular complexity index is 628. The predicted octanol–water partition coefficient (Wildman–Crippen LogP) is 3.24. The van der Waals surface area contributed by atoms with Crippen LogP contribution in [0.25, 0.3) is 11.3 Å². The van der Waals surface area contributed by atoms with Gasteiger partial charge in [-0.05, 0) is 36.9 Å². The molecule has 1 fully saturated rings. The van der Waals surface area contributed by atoms with Gasteiger partial charge >= 0.3 is 0 Å². The van der Waals surface area contributed by atoms with Crippen molar-refractivity contribution in [3.63, 3.8) is 0 Å². The first-order chi connectivity index (χ1) is 9.31. The molecule has 0 spiro atoms. The maximum absolute atomic E-state index is 4.75. The third kappa shape index (κ3) is 2.13. The van der Waals surface area contributed by atoms with Gasteiger partial charge in [-0.1, -0.05) is 28.1 Å². The van der Waals surface area contributed by atoms with E-state index in [-0.39, 0.29) is 0 Å². The first-order valence-electron chi connectivity index (χ1n) is 6.87. The molecule has 4 heteroatoms. The van der Waals surface area contributed by atoms with Gasteiger partial charge in [-0.25, -0.2) is 4.98 Å². The van der Waals surface area contributed by atoms with Crippen LogP contribution in [0.3, 0.4) is 0 Å². The average molecular weight is 318 g/mol. The molecule has 0 bridgehead atoms. The molecule has 2 N–H and O–H groups in total. The standard InChI is InChI=1S/C15H16BrN3/c16-12-3-1-2-10-11(12)6-13-15(10)19-14(18-13)8-17-7-9-4-5-9/h1-3,9,17H,4-8H2,(H,18,19). The van der Waals surface area contributed by atoms with Crippen LogP contribution in [0.15, 0.2) is 22.7 Å². The minimum Gasteiger partial charge on any atom is -0.344 e. The van der Waals surface area contributed by atoms with Crippen LogP contribution in [0.4, 0.5) is 0 Å². The third-order valence-electron chi connectivity index (χ3n) is 3.98. The van der Waals surface area contributed by atoms with Crippen LogP contribution in [-0.2, 0) is 13.0 Å². The fraction of sp³-hybridized carbons (Fsp3) is 0.400. The van der Waals surface area contributed by atoms with E-state index < -0.39 is 0 Å². The van der Waals surface area contributed by atoms with Gasteiger partial charge in [0.15, 0.2) is 0 Å². The summed E-state index contributed by atoms with van der Waals surface area (Å²) < 4.78 is 1.19. The quantitative estimate of drug-likeness (QED) is 0.775. The summed E-state index contributed by atoms with van der Waals surface area (Å²) in [5.41, 5.74) is 5.02. The molecule has 19 heavy (non-hydrogen) atoms. The Balaban J connectivity index is 1.55. The van der Waals surface area contributed by atoms with Gasteiger partial charge in [-0.2, -0.15) is 0 Å². The second kappa shape index (κ2) is 4.46. The molecule has 1 aromatic carbocycles. The van der Waals surface area contributed by atoms with Crippen LogP contribution >= 0.6 is 15.9 Å². The van der Waals surface area contributed by atoms with Gasteiger partial charge in [-0.3, -0.25) is 0 Å². The first kappa shape index (κ1) is 11.7. The maximum Gasteiger partial charge on any atom is 0.121 e. The molecule has 1 heterocycles. The molecule has 0 aliphatic heterocycles. The predicted molar refractivity (Wildman–Crippen MR) is 79.0 cm³/mol. The highest BCUT2D eigenvalue weighted by Gasteiger charge is 2.24. The minimum atomic E-state index is 0.854. The van der Waals surface area contributed by atoms with Crippen molar-refractivity contribution in [2.75, 3.05) is 6.54 Å². The number of H-pyrrole nitrogens is 1. The lowest BCUT2D eigenvalue weighted by molar-refractivity contribution is 0.622. The Labute approximate surface area is 121 Å². The molecule has 4 rings (SSSR count). The number of nitrogens with zero attached hydrogens (tertiary/aromatic N) is 1. The van der Waals surface area contributed by atoms with Crippen molar-refractivity contribution in [3.05, 3.63) is 39.8 Å². The number of imidazole rings is 1. The Morgan fingerprint density at radius 2 is 2.26 bits per heavy atom. The van der Waals surface area contributed by atoms with E-state index in [4.69, 9.17) is 4.98 Å². The van der Waals surface area contributed by atoms with Gasteiger partial charge in [0.1, 0.15) is 5.82 Å². The zero-order valence-electron chi connectivity index (χ0n) is 10.7. The van der Waals surface area contributed by atoms with Crippen LogP contribution in [0.5, 0.6) is 0 Å². The molecule has 3 nitrogen and oxygen atoms in total. The Hall–Kier alpha value is -1.13. The number of aromatic amines is 1. The number of aromatic nitrogens is 2. The molecule has 1 aromatic heterocycles. The minimum absolute atomic E-state index is 0.854. The van der Waals surface area contributed by atoms with Crippen molar-refractivity contribution in [2.45, 2.75) is 25.8 Å². The van der Waals surface area contributed by atoms with Gasteiger partial charge in [0.05, 0.1) is 12.2 Å². The van der Waals surface area contributed by atoms with Crippen LogP contribution in [-0.4, -0.2) is 16.5 Å². The van der Waals surface area contributed by atoms with E-state index in [9.17, 15) is 0 Å². The van der Waals surface area contributed by atoms with Crippen molar-refractivity contribution in [1.29, 1.82) is 0 Å². The highest BCUT2D eigenvalue weighted by atomic mass is 79.9. The second-order valence-corrected chi connectivity index (χ2v) is 6.38. The molecular formula is C15H16BrN3. The number of hydrogen-bond acceptors (Lipinski definition) is 2. The SMILES string of the molecule is Brc1cccc2c1Cc1[nH]c(CNCC3CC3)nc1-2. The van der Waals surface area contributed by atoms with Crippen molar-refractivity contribution in [2.24, 2.45) is 5.92 Å². The van der Waals surface area contributed by atoms with Gasteiger partial charge in [0, 0.05) is 22.2 Å². The van der Waals surface area contributed by atoms with Crippen molar-refractivity contribution in [3.8, 4) is 11.3 Å². The highest BCUT2D eigenvalue weighted by molar-refractivity contribution is 9.10.